The minimum atomic E-state index is -1.03. The number of benzene rings is 1. The Morgan fingerprint density at radius 1 is 1.47 bits per heavy atom. The van der Waals surface area contributed by atoms with Gasteiger partial charge in [0, 0.05) is 6.42 Å². The third kappa shape index (κ3) is 3.23. The van der Waals surface area contributed by atoms with Crippen LogP contribution in [0.2, 0.25) is 0 Å². The number of halogens is 1. The van der Waals surface area contributed by atoms with E-state index in [1.165, 1.54) is 4.90 Å². The maximum Gasteiger partial charge on any atom is 0.227 e. The molecule has 0 saturated carbocycles. The lowest BCUT2D eigenvalue weighted by Crippen LogP contribution is -2.38. The van der Waals surface area contributed by atoms with Crippen molar-refractivity contribution >= 4 is 5.91 Å². The van der Waals surface area contributed by atoms with Gasteiger partial charge in [0.1, 0.15) is 11.9 Å². The number of nitrogens with zero attached hydrogens (tertiary/aromatic N) is 1. The number of carbonyl (C=O) groups is 1. The van der Waals surface area contributed by atoms with Gasteiger partial charge in [-0.2, -0.15) is 0 Å². The molecule has 1 aromatic carbocycles. The van der Waals surface area contributed by atoms with E-state index < -0.39 is 6.17 Å². The number of rotatable bonds is 4. The fraction of sp³-hybridized carbons (Fsp3) is 0.500. The van der Waals surface area contributed by atoms with E-state index in [1.807, 2.05) is 12.1 Å². The number of likely N-dealkylation sites (tertiary alicyclic amines) is 1. The first-order valence-electron chi connectivity index (χ1n) is 6.31. The van der Waals surface area contributed by atoms with Crippen LogP contribution in [-0.2, 0) is 11.2 Å². The second kappa shape index (κ2) is 6.02. The van der Waals surface area contributed by atoms with E-state index in [-0.39, 0.29) is 37.9 Å². The molecule has 0 spiro atoms. The van der Waals surface area contributed by atoms with Crippen LogP contribution in [0.4, 0.5) is 4.39 Å². The summed E-state index contributed by atoms with van der Waals surface area (Å²) in [6.07, 6.45) is -0.588. The van der Waals surface area contributed by atoms with Crippen molar-refractivity contribution in [2.24, 2.45) is 0 Å². The Labute approximate surface area is 111 Å². The second-order valence-electron chi connectivity index (χ2n) is 4.74. The van der Waals surface area contributed by atoms with E-state index in [0.717, 1.165) is 11.3 Å². The number of aliphatic hydroxyl groups is 1. The number of amides is 1. The SMILES string of the molecule is COc1ccc(CC(=O)N2C[C@@H](F)C[C@H]2CO)cc1. The van der Waals surface area contributed by atoms with Crippen LogP contribution in [0, 0.1) is 0 Å². The fourth-order valence-electron chi connectivity index (χ4n) is 2.36. The predicted molar refractivity (Wildman–Crippen MR) is 68.8 cm³/mol. The monoisotopic (exact) mass is 267 g/mol. The first kappa shape index (κ1) is 13.8. The van der Waals surface area contributed by atoms with Crippen molar-refractivity contribution in [2.75, 3.05) is 20.3 Å². The standard InChI is InChI=1S/C14H18FNO3/c1-19-13-4-2-10(3-5-13)6-14(18)16-8-11(15)7-12(16)9-17/h2-5,11-12,17H,6-9H2,1H3/t11-,12-/m0/s1. The highest BCUT2D eigenvalue weighted by Gasteiger charge is 2.34. The van der Waals surface area contributed by atoms with Gasteiger partial charge >= 0.3 is 0 Å². The molecule has 19 heavy (non-hydrogen) atoms. The van der Waals surface area contributed by atoms with Gasteiger partial charge in [-0.15, -0.1) is 0 Å². The summed E-state index contributed by atoms with van der Waals surface area (Å²) in [4.78, 5) is 13.5. The van der Waals surface area contributed by atoms with Gasteiger partial charge in [-0.25, -0.2) is 4.39 Å². The molecule has 1 N–H and O–H groups in total. The van der Waals surface area contributed by atoms with Crippen LogP contribution in [0.1, 0.15) is 12.0 Å². The molecule has 5 heteroatoms. The molecule has 0 unspecified atom stereocenters. The molecule has 2 rings (SSSR count). The van der Waals surface area contributed by atoms with Crippen molar-refractivity contribution in [3.63, 3.8) is 0 Å². The molecule has 1 fully saturated rings. The first-order chi connectivity index (χ1) is 9.13. The van der Waals surface area contributed by atoms with Gasteiger partial charge in [0.15, 0.2) is 0 Å². The number of carbonyl (C=O) groups excluding carboxylic acids is 1. The van der Waals surface area contributed by atoms with Crippen molar-refractivity contribution in [3.8, 4) is 5.75 Å². The number of hydrogen-bond acceptors (Lipinski definition) is 3. The lowest BCUT2D eigenvalue weighted by Gasteiger charge is -2.22. The van der Waals surface area contributed by atoms with E-state index in [9.17, 15) is 9.18 Å². The van der Waals surface area contributed by atoms with E-state index >= 15 is 0 Å². The summed E-state index contributed by atoms with van der Waals surface area (Å²) in [6, 6.07) is 6.81. The Morgan fingerprint density at radius 2 is 2.16 bits per heavy atom. The zero-order valence-corrected chi connectivity index (χ0v) is 10.9. The van der Waals surface area contributed by atoms with Gasteiger partial charge in [-0.3, -0.25) is 4.79 Å². The van der Waals surface area contributed by atoms with Gasteiger partial charge in [-0.1, -0.05) is 12.1 Å². The molecular formula is C14H18FNO3. The van der Waals surface area contributed by atoms with Crippen molar-refractivity contribution in [1.29, 1.82) is 0 Å². The molecule has 1 amide bonds. The lowest BCUT2D eigenvalue weighted by molar-refractivity contribution is -0.132. The van der Waals surface area contributed by atoms with Crippen molar-refractivity contribution in [3.05, 3.63) is 29.8 Å². The molecule has 1 saturated heterocycles. The molecule has 1 aromatic rings. The largest absolute Gasteiger partial charge is 0.497 e. The first-order valence-corrected chi connectivity index (χ1v) is 6.31. The van der Waals surface area contributed by atoms with Gasteiger partial charge in [0.2, 0.25) is 5.91 Å². The Kier molecular flexibility index (Phi) is 4.37. The highest BCUT2D eigenvalue weighted by molar-refractivity contribution is 5.79. The molecule has 1 heterocycles. The molecule has 0 radical (unpaired) electrons. The Morgan fingerprint density at radius 3 is 2.74 bits per heavy atom. The maximum atomic E-state index is 13.3. The third-order valence-corrected chi connectivity index (χ3v) is 3.41. The summed E-state index contributed by atoms with van der Waals surface area (Å²) in [5, 5.41) is 9.16. The van der Waals surface area contributed by atoms with Crippen LogP contribution in [0.5, 0.6) is 5.75 Å². The average Bonchev–Trinajstić information content (AvgIpc) is 2.81. The van der Waals surface area contributed by atoms with Gasteiger partial charge < -0.3 is 14.7 Å². The smallest absolute Gasteiger partial charge is 0.227 e. The molecule has 104 valence electrons. The normalized spacial score (nSPS) is 22.6. The summed E-state index contributed by atoms with van der Waals surface area (Å²) >= 11 is 0. The topological polar surface area (TPSA) is 49.8 Å². The van der Waals surface area contributed by atoms with Crippen LogP contribution < -0.4 is 4.74 Å². The Balaban J connectivity index is 1.99. The summed E-state index contributed by atoms with van der Waals surface area (Å²) in [6.45, 7) is -0.102. The molecule has 0 aromatic heterocycles. The molecule has 0 bridgehead atoms. The Bertz CT molecular complexity index is 435. The number of hydrogen-bond donors (Lipinski definition) is 1. The number of alkyl halides is 1. The van der Waals surface area contributed by atoms with Crippen LogP contribution >= 0.6 is 0 Å². The summed E-state index contributed by atoms with van der Waals surface area (Å²) in [5.41, 5.74) is 0.852. The number of ether oxygens (including phenoxy) is 1. The molecular weight excluding hydrogens is 249 g/mol. The third-order valence-electron chi connectivity index (χ3n) is 3.41. The second-order valence-corrected chi connectivity index (χ2v) is 4.74. The van der Waals surface area contributed by atoms with Gasteiger partial charge in [0.25, 0.3) is 0 Å². The van der Waals surface area contributed by atoms with E-state index in [2.05, 4.69) is 0 Å². The van der Waals surface area contributed by atoms with Gasteiger partial charge in [-0.05, 0) is 17.7 Å². The fourth-order valence-corrected chi connectivity index (χ4v) is 2.36. The Hall–Kier alpha value is -1.62. The lowest BCUT2D eigenvalue weighted by atomic mass is 10.1. The zero-order chi connectivity index (χ0) is 13.8. The van der Waals surface area contributed by atoms with Crippen molar-refractivity contribution in [2.45, 2.75) is 25.1 Å². The minimum Gasteiger partial charge on any atom is -0.497 e. The number of methoxy groups -OCH3 is 1. The zero-order valence-electron chi connectivity index (χ0n) is 10.9. The average molecular weight is 267 g/mol. The highest BCUT2D eigenvalue weighted by atomic mass is 19.1. The van der Waals surface area contributed by atoms with Gasteiger partial charge in [0.05, 0.1) is 32.7 Å². The van der Waals surface area contributed by atoms with Crippen LogP contribution in [0.15, 0.2) is 24.3 Å². The summed E-state index contributed by atoms with van der Waals surface area (Å²) in [7, 11) is 1.58. The molecule has 0 aliphatic carbocycles. The predicted octanol–water partition coefficient (Wildman–Crippen LogP) is 1.17. The maximum absolute atomic E-state index is 13.3. The quantitative estimate of drug-likeness (QED) is 0.891. The molecule has 1 aliphatic rings. The van der Waals surface area contributed by atoms with Crippen LogP contribution in [-0.4, -0.2) is 48.4 Å². The molecule has 2 atom stereocenters. The van der Waals surface area contributed by atoms with E-state index in [4.69, 9.17) is 9.84 Å². The molecule has 1 aliphatic heterocycles. The highest BCUT2D eigenvalue weighted by Crippen LogP contribution is 2.21. The number of aliphatic hydroxyl groups excluding tert-OH is 1. The summed E-state index contributed by atoms with van der Waals surface area (Å²) < 4.78 is 18.3. The van der Waals surface area contributed by atoms with Crippen molar-refractivity contribution in [1.82, 2.24) is 4.90 Å². The van der Waals surface area contributed by atoms with Crippen LogP contribution in [0.3, 0.4) is 0 Å². The summed E-state index contributed by atoms with van der Waals surface area (Å²) in [5.74, 6) is 0.582. The van der Waals surface area contributed by atoms with Crippen LogP contribution in [0.25, 0.3) is 0 Å². The van der Waals surface area contributed by atoms with E-state index in [0.29, 0.717) is 0 Å². The van der Waals surface area contributed by atoms with E-state index in [1.54, 1.807) is 19.2 Å². The molecule has 4 nitrogen and oxygen atoms in total. The minimum absolute atomic E-state index is 0.0835. The van der Waals surface area contributed by atoms with Crippen molar-refractivity contribution < 1.29 is 19.0 Å².